The minimum Gasteiger partial charge on any atom is -0.380 e. The van der Waals surface area contributed by atoms with E-state index in [1.54, 1.807) is 6.07 Å². The van der Waals surface area contributed by atoms with Crippen molar-refractivity contribution in [3.8, 4) is 5.95 Å². The molecule has 2 fully saturated rings. The fourth-order valence-electron chi connectivity index (χ4n) is 4.91. The lowest BCUT2D eigenvalue weighted by atomic mass is 9.85. The van der Waals surface area contributed by atoms with Crippen molar-refractivity contribution in [1.82, 2.24) is 25.2 Å². The second-order valence-electron chi connectivity index (χ2n) is 9.15. The molecule has 7 nitrogen and oxygen atoms in total. The molecule has 1 atom stereocenters. The standard InChI is InChI=1S/C23H30FN5O2/c1-14(2)20-18-6-3-7-19(24)21(18)29(27-20)23-26-22(31-28-23)15-8-10-16(11-9-15)25-17-5-4-12-30-13-17/h3,6-7,14-17,25H,4-5,8-13H2,1-2H3. The van der Waals surface area contributed by atoms with Gasteiger partial charge in [-0.2, -0.15) is 14.8 Å². The van der Waals surface area contributed by atoms with Crippen LogP contribution in [0.5, 0.6) is 0 Å². The number of para-hydroxylation sites is 1. The molecule has 8 heteroatoms. The first-order chi connectivity index (χ1) is 15.1. The molecule has 3 aromatic rings. The van der Waals surface area contributed by atoms with Gasteiger partial charge in [0.2, 0.25) is 5.89 Å². The SMILES string of the molecule is CC(C)c1nn(-c2noc(C3CCC(NC4CCCOC4)CC3)n2)c2c(F)cccc12. The van der Waals surface area contributed by atoms with Crippen LogP contribution < -0.4 is 5.32 Å². The number of fused-ring (bicyclic) bond motifs is 1. The summed E-state index contributed by atoms with van der Waals surface area (Å²) in [6.45, 7) is 5.80. The topological polar surface area (TPSA) is 78.0 Å². The average Bonchev–Trinajstić information content (AvgIpc) is 3.41. The third kappa shape index (κ3) is 4.11. The summed E-state index contributed by atoms with van der Waals surface area (Å²) in [6.07, 6.45) is 6.49. The highest BCUT2D eigenvalue weighted by molar-refractivity contribution is 5.84. The average molecular weight is 428 g/mol. The summed E-state index contributed by atoms with van der Waals surface area (Å²) in [7, 11) is 0. The molecule has 1 aliphatic heterocycles. The van der Waals surface area contributed by atoms with E-state index < -0.39 is 0 Å². The van der Waals surface area contributed by atoms with Crippen molar-refractivity contribution in [2.45, 2.75) is 76.3 Å². The Kier molecular flexibility index (Phi) is 5.75. The zero-order chi connectivity index (χ0) is 21.4. The molecule has 0 bridgehead atoms. The van der Waals surface area contributed by atoms with Crippen molar-refractivity contribution >= 4 is 10.9 Å². The van der Waals surface area contributed by atoms with Crippen LogP contribution in [0, 0.1) is 5.82 Å². The minimum atomic E-state index is -0.332. The van der Waals surface area contributed by atoms with E-state index in [0.29, 0.717) is 29.4 Å². The maximum atomic E-state index is 14.6. The van der Waals surface area contributed by atoms with Crippen molar-refractivity contribution in [3.05, 3.63) is 35.6 Å². The second kappa shape index (κ2) is 8.67. The summed E-state index contributed by atoms with van der Waals surface area (Å²) in [6, 6.07) is 6.04. The van der Waals surface area contributed by atoms with Gasteiger partial charge in [0.15, 0.2) is 0 Å². The Morgan fingerprint density at radius 1 is 1.13 bits per heavy atom. The first-order valence-corrected chi connectivity index (χ1v) is 11.4. The summed E-state index contributed by atoms with van der Waals surface area (Å²) >= 11 is 0. The zero-order valence-corrected chi connectivity index (χ0v) is 18.2. The van der Waals surface area contributed by atoms with E-state index in [1.807, 2.05) is 19.9 Å². The van der Waals surface area contributed by atoms with Crippen LogP contribution in [-0.2, 0) is 4.74 Å². The quantitative estimate of drug-likeness (QED) is 0.648. The second-order valence-corrected chi connectivity index (χ2v) is 9.15. The third-order valence-corrected chi connectivity index (χ3v) is 6.56. The van der Waals surface area contributed by atoms with Gasteiger partial charge in [0.05, 0.1) is 12.3 Å². The number of nitrogens with one attached hydrogen (secondary N) is 1. The minimum absolute atomic E-state index is 0.161. The summed E-state index contributed by atoms with van der Waals surface area (Å²) in [5.74, 6) is 0.992. The smallest absolute Gasteiger partial charge is 0.291 e. The number of aromatic nitrogens is 4. The van der Waals surface area contributed by atoms with Crippen LogP contribution in [0.3, 0.4) is 0 Å². The third-order valence-electron chi connectivity index (χ3n) is 6.56. The van der Waals surface area contributed by atoms with Gasteiger partial charge in [0.25, 0.3) is 5.95 Å². The largest absolute Gasteiger partial charge is 0.380 e. The number of hydrogen-bond acceptors (Lipinski definition) is 6. The molecule has 1 aliphatic carbocycles. The molecule has 1 N–H and O–H groups in total. The van der Waals surface area contributed by atoms with E-state index in [9.17, 15) is 4.39 Å². The Bertz CT molecular complexity index is 1030. The van der Waals surface area contributed by atoms with Gasteiger partial charge in [-0.1, -0.05) is 26.0 Å². The molecule has 5 rings (SSSR count). The highest BCUT2D eigenvalue weighted by Crippen LogP contribution is 2.34. The molecule has 2 aliphatic rings. The molecule has 166 valence electrons. The molecule has 1 aromatic carbocycles. The molecule has 0 spiro atoms. The predicted molar refractivity (Wildman–Crippen MR) is 115 cm³/mol. The van der Waals surface area contributed by atoms with E-state index in [-0.39, 0.29) is 17.7 Å². The monoisotopic (exact) mass is 427 g/mol. The summed E-state index contributed by atoms with van der Waals surface area (Å²) in [5.41, 5.74) is 1.24. The van der Waals surface area contributed by atoms with E-state index in [2.05, 4.69) is 20.6 Å². The Balaban J connectivity index is 1.31. The van der Waals surface area contributed by atoms with Gasteiger partial charge >= 0.3 is 0 Å². The van der Waals surface area contributed by atoms with E-state index >= 15 is 0 Å². The van der Waals surface area contributed by atoms with Crippen molar-refractivity contribution in [1.29, 1.82) is 0 Å². The summed E-state index contributed by atoms with van der Waals surface area (Å²) < 4.78 is 27.3. The number of halogens is 1. The molecule has 0 radical (unpaired) electrons. The van der Waals surface area contributed by atoms with Crippen molar-refractivity contribution in [2.24, 2.45) is 0 Å². The molecule has 3 heterocycles. The lowest BCUT2D eigenvalue weighted by Gasteiger charge is -2.32. The van der Waals surface area contributed by atoms with Gasteiger partial charge in [0.1, 0.15) is 11.3 Å². The van der Waals surface area contributed by atoms with Crippen LogP contribution in [0.4, 0.5) is 4.39 Å². The summed E-state index contributed by atoms with van der Waals surface area (Å²) in [4.78, 5) is 4.62. The first kappa shape index (κ1) is 20.6. The molecular weight excluding hydrogens is 397 g/mol. The van der Waals surface area contributed by atoms with Crippen LogP contribution in [0.2, 0.25) is 0 Å². The molecule has 1 saturated heterocycles. The fraction of sp³-hybridized carbons (Fsp3) is 0.609. The van der Waals surface area contributed by atoms with Crippen molar-refractivity contribution in [2.75, 3.05) is 13.2 Å². The lowest BCUT2D eigenvalue weighted by Crippen LogP contribution is -2.44. The molecule has 0 amide bonds. The predicted octanol–water partition coefficient (Wildman–Crippen LogP) is 4.47. The van der Waals surface area contributed by atoms with Gasteiger partial charge in [-0.15, -0.1) is 0 Å². The fourth-order valence-corrected chi connectivity index (χ4v) is 4.91. The van der Waals surface area contributed by atoms with Crippen LogP contribution in [0.1, 0.15) is 75.8 Å². The Hall–Kier alpha value is -2.32. The van der Waals surface area contributed by atoms with Crippen molar-refractivity contribution in [3.63, 3.8) is 0 Å². The normalized spacial score (nSPS) is 24.8. The molecule has 31 heavy (non-hydrogen) atoms. The van der Waals surface area contributed by atoms with Crippen molar-refractivity contribution < 1.29 is 13.7 Å². The zero-order valence-electron chi connectivity index (χ0n) is 18.2. The number of hydrogen-bond donors (Lipinski definition) is 1. The highest BCUT2D eigenvalue weighted by atomic mass is 19.1. The number of nitrogens with zero attached hydrogens (tertiary/aromatic N) is 4. The number of rotatable bonds is 5. The van der Waals surface area contributed by atoms with Gasteiger partial charge in [0, 0.05) is 30.0 Å². The Labute approximate surface area is 181 Å². The van der Waals surface area contributed by atoms with Gasteiger partial charge in [-0.25, -0.2) is 4.39 Å². The van der Waals surface area contributed by atoms with E-state index in [4.69, 9.17) is 9.26 Å². The van der Waals surface area contributed by atoms with E-state index in [1.165, 1.54) is 17.2 Å². The maximum Gasteiger partial charge on any atom is 0.291 e. The van der Waals surface area contributed by atoms with Gasteiger partial charge < -0.3 is 14.6 Å². The number of ether oxygens (including phenoxy) is 1. The van der Waals surface area contributed by atoms with Gasteiger partial charge in [-0.05, 0) is 55.7 Å². The number of benzene rings is 1. The molecular formula is C23H30FN5O2. The molecule has 1 saturated carbocycles. The van der Waals surface area contributed by atoms with Crippen LogP contribution in [0.15, 0.2) is 22.7 Å². The van der Waals surface area contributed by atoms with E-state index in [0.717, 1.165) is 56.4 Å². The Morgan fingerprint density at radius 2 is 1.97 bits per heavy atom. The van der Waals surface area contributed by atoms with Crippen LogP contribution >= 0.6 is 0 Å². The Morgan fingerprint density at radius 3 is 2.71 bits per heavy atom. The first-order valence-electron chi connectivity index (χ1n) is 11.4. The summed E-state index contributed by atoms with van der Waals surface area (Å²) in [5, 5.41) is 13.3. The maximum absolute atomic E-state index is 14.6. The van der Waals surface area contributed by atoms with Gasteiger partial charge in [-0.3, -0.25) is 0 Å². The highest BCUT2D eigenvalue weighted by Gasteiger charge is 2.29. The molecule has 1 unspecified atom stereocenters. The van der Waals surface area contributed by atoms with Crippen LogP contribution in [-0.4, -0.2) is 45.2 Å². The molecule has 2 aromatic heterocycles. The van der Waals surface area contributed by atoms with Crippen LogP contribution in [0.25, 0.3) is 16.9 Å². The lowest BCUT2D eigenvalue weighted by molar-refractivity contribution is 0.0636.